The second kappa shape index (κ2) is 106. The van der Waals surface area contributed by atoms with Gasteiger partial charge in [0, 0.05) is 64.2 Å². The van der Waals surface area contributed by atoms with Crippen LogP contribution in [0.25, 0.3) is 0 Å². The molecule has 0 aromatic carbocycles. The highest BCUT2D eigenvalue weighted by Gasteiger charge is 2.20. The molecule has 0 saturated heterocycles. The second-order valence-electron chi connectivity index (χ2n) is 34.2. The Balaban J connectivity index is -0.000000370. The highest BCUT2D eigenvalue weighted by molar-refractivity contribution is 5.82. The zero-order valence-electron chi connectivity index (χ0n) is 83.4. The number of esters is 6. The first-order valence-corrected chi connectivity index (χ1v) is 51.2. The molecule has 0 saturated carbocycles. The predicted octanol–water partition coefficient (Wildman–Crippen LogP) is 29.7. The van der Waals surface area contributed by atoms with Crippen LogP contribution in [0.2, 0.25) is 0 Å². The van der Waals surface area contributed by atoms with E-state index in [1.165, 1.54) is 175 Å². The van der Waals surface area contributed by atoms with E-state index in [4.69, 9.17) is 28.4 Å². The van der Waals surface area contributed by atoms with Crippen molar-refractivity contribution in [1.82, 2.24) is 0 Å². The topological polar surface area (TPSA) is 260 Å². The van der Waals surface area contributed by atoms with Gasteiger partial charge in [0.2, 0.25) is 0 Å². The van der Waals surface area contributed by atoms with E-state index in [0.29, 0.717) is 50.7 Å². The molecule has 0 aliphatic carbocycles. The third-order valence-electron chi connectivity index (χ3n) is 21.7. The Morgan fingerprint density at radius 3 is 0.677 bits per heavy atom. The second-order valence-corrected chi connectivity index (χ2v) is 34.2. The number of Topliss-reactive ketones (excluding diaryl/α,β-unsaturated/α-hetero) is 4. The lowest BCUT2D eigenvalue weighted by Crippen LogP contribution is -2.19. The number of unbranched alkanes of at least 4 members (excludes halogenated alkanes) is 38. The zero-order valence-corrected chi connectivity index (χ0v) is 83.4. The first-order valence-electron chi connectivity index (χ1n) is 51.2. The first kappa shape index (κ1) is 129. The lowest BCUT2D eigenvalue weighted by atomic mass is 10.0. The summed E-state index contributed by atoms with van der Waals surface area (Å²) >= 11 is 0. The number of rotatable bonds is 84. The van der Waals surface area contributed by atoms with Crippen molar-refractivity contribution in [1.29, 1.82) is 0 Å². The van der Waals surface area contributed by atoms with Gasteiger partial charge in [-0.15, -0.1) is 0 Å². The van der Waals surface area contributed by atoms with Gasteiger partial charge in [0.1, 0.15) is 60.1 Å². The van der Waals surface area contributed by atoms with Crippen LogP contribution in [0, 0.1) is 11.8 Å². The van der Waals surface area contributed by atoms with Crippen LogP contribution in [-0.4, -0.2) is 109 Å². The Labute approximate surface area is 761 Å². The van der Waals surface area contributed by atoms with Crippen LogP contribution in [0.3, 0.4) is 0 Å². The smallest absolute Gasteiger partial charge is 0.306 e. The summed E-state index contributed by atoms with van der Waals surface area (Å²) in [5, 5.41) is 0. The number of carbonyl (C=O) groups excluding carboxylic acids is 12. The van der Waals surface area contributed by atoms with Gasteiger partial charge in [0.25, 0.3) is 0 Å². The van der Waals surface area contributed by atoms with Crippen molar-refractivity contribution < 1.29 is 86.0 Å². The maximum absolute atomic E-state index is 12.0. The van der Waals surface area contributed by atoms with Gasteiger partial charge in [0.15, 0.2) is 0 Å². The maximum atomic E-state index is 12.0. The standard InChI is InChI=1S/C28H52O5.C28H50O5.C23H42O4.C23H40O4.2C2H6/c2*1-5-7-8-15-18-26(33-28(31)22-21-25(4)29)19-16-13-11-9-10-12-14-17-20-27(30)32-23-24(3)6-2;2*1-3-4-5-13-16-22(27-23(26)19-18-21(2)25)17-14-11-9-7-6-8-10-12-15-20-24;2*1-2/h24,26H,5-23H2,1-4H3;13,16,24,26H,5-12,14-15,17-23H2,1-4H3;20,22H,3-19H2,1-2H3;11,14,20,22H,3-10,12-13,15-19H2,1-2H3;2*1-2H3/b;16-13-;;14-11-;;. The molecule has 124 heavy (non-hydrogen) atoms. The maximum Gasteiger partial charge on any atom is 0.306 e. The van der Waals surface area contributed by atoms with E-state index in [1.807, 2.05) is 27.7 Å². The van der Waals surface area contributed by atoms with Gasteiger partial charge in [0.05, 0.1) is 38.9 Å². The fourth-order valence-electron chi connectivity index (χ4n) is 13.3. The average Bonchev–Trinajstić information content (AvgIpc) is 0.975. The summed E-state index contributed by atoms with van der Waals surface area (Å²) in [4.78, 5) is 136. The minimum absolute atomic E-state index is 0.00128. The highest BCUT2D eigenvalue weighted by atomic mass is 16.6. The summed E-state index contributed by atoms with van der Waals surface area (Å²) in [5.74, 6) is -0.0732. The molecule has 0 spiro atoms. The molecule has 18 heteroatoms. The fourth-order valence-corrected chi connectivity index (χ4v) is 13.3. The molecule has 0 aromatic rings. The van der Waals surface area contributed by atoms with Crippen LogP contribution >= 0.6 is 0 Å². The minimum atomic E-state index is -0.261. The number of carbonyl (C=O) groups is 12. The molecule has 728 valence electrons. The van der Waals surface area contributed by atoms with Crippen LogP contribution in [0.4, 0.5) is 0 Å². The van der Waals surface area contributed by atoms with Gasteiger partial charge >= 0.3 is 35.8 Å². The Bertz CT molecular complexity index is 2510. The molecule has 0 aliphatic heterocycles. The summed E-state index contributed by atoms with van der Waals surface area (Å²) in [6.07, 6.45) is 74.4. The van der Waals surface area contributed by atoms with Crippen LogP contribution < -0.4 is 0 Å². The quantitative estimate of drug-likeness (QED) is 0.0180. The highest BCUT2D eigenvalue weighted by Crippen LogP contribution is 2.23. The Hall–Kier alpha value is -5.68. The van der Waals surface area contributed by atoms with Crippen LogP contribution in [0.15, 0.2) is 24.3 Å². The number of aldehydes is 2. The Morgan fingerprint density at radius 1 is 0.234 bits per heavy atom. The van der Waals surface area contributed by atoms with Crippen molar-refractivity contribution in [3.63, 3.8) is 0 Å². The molecule has 18 nitrogen and oxygen atoms in total. The normalized spacial score (nSPS) is 12.3. The number of allylic oxidation sites excluding steroid dienone is 2. The van der Waals surface area contributed by atoms with E-state index >= 15 is 0 Å². The summed E-state index contributed by atoms with van der Waals surface area (Å²) in [6.45, 7) is 32.3. The SMILES string of the molecule is CC.CC.CCCCCCC(C/C=C\CCCCCCCC(=O)OCC(C)CC)OC(=O)CCC(C)=O.CCCCCCC(C/C=C\CCCCCCCC=O)OC(=O)CCC(C)=O.CCCCCCC(CCCCCCCCCCC(=O)OCC(C)CC)OC(=O)CCC(C)=O.CCCCCCC(CCCCCCCCCCC=O)OC(=O)CCC(C)=O. The van der Waals surface area contributed by atoms with Crippen LogP contribution in [-0.2, 0) is 86.0 Å². The molecule has 0 rings (SSSR count). The molecule has 6 atom stereocenters. The lowest BCUT2D eigenvalue weighted by Gasteiger charge is -2.18. The van der Waals surface area contributed by atoms with Crippen molar-refractivity contribution in [3.8, 4) is 0 Å². The van der Waals surface area contributed by atoms with Crippen LogP contribution in [0.1, 0.15) is 535 Å². The summed E-state index contributed by atoms with van der Waals surface area (Å²) in [6, 6.07) is 0. The third kappa shape index (κ3) is 110. The lowest BCUT2D eigenvalue weighted by molar-refractivity contribution is -0.151. The minimum Gasteiger partial charge on any atom is -0.465 e. The monoisotopic (exact) mass is 1760 g/mol. The van der Waals surface area contributed by atoms with E-state index in [2.05, 4.69) is 79.7 Å². The molecular weight excluding hydrogens is 1560 g/mol. The van der Waals surface area contributed by atoms with Crippen molar-refractivity contribution in [2.75, 3.05) is 13.2 Å². The van der Waals surface area contributed by atoms with E-state index < -0.39 is 0 Å². The number of ether oxygens (including phenoxy) is 6. The van der Waals surface area contributed by atoms with Gasteiger partial charge in [-0.05, 0) is 168 Å². The van der Waals surface area contributed by atoms with Crippen LogP contribution in [0.5, 0.6) is 0 Å². The van der Waals surface area contributed by atoms with E-state index in [0.717, 1.165) is 212 Å². The van der Waals surface area contributed by atoms with E-state index in [1.54, 1.807) is 0 Å². The number of hydrogen-bond donors (Lipinski definition) is 0. The van der Waals surface area contributed by atoms with Crippen molar-refractivity contribution in [3.05, 3.63) is 24.3 Å². The van der Waals surface area contributed by atoms with Gasteiger partial charge < -0.3 is 57.2 Å². The first-order chi connectivity index (χ1) is 60.0. The van der Waals surface area contributed by atoms with Gasteiger partial charge in [-0.25, -0.2) is 0 Å². The van der Waals surface area contributed by atoms with Gasteiger partial charge in [-0.3, -0.25) is 28.8 Å². The molecule has 0 amide bonds. The summed E-state index contributed by atoms with van der Waals surface area (Å²) in [7, 11) is 0. The van der Waals surface area contributed by atoms with E-state index in [9.17, 15) is 57.5 Å². The number of ketones is 4. The Kier molecular flexibility index (Phi) is 110. The summed E-state index contributed by atoms with van der Waals surface area (Å²) < 4.78 is 33.1. The molecule has 0 radical (unpaired) electrons. The average molecular weight is 1760 g/mol. The number of hydrogen-bond acceptors (Lipinski definition) is 18. The van der Waals surface area contributed by atoms with Gasteiger partial charge in [-0.1, -0.05) is 313 Å². The third-order valence-corrected chi connectivity index (χ3v) is 21.7. The molecule has 0 fully saturated rings. The fraction of sp³-hybridized carbons (Fsp3) is 0.849. The molecule has 0 aliphatic rings. The van der Waals surface area contributed by atoms with E-state index in [-0.39, 0.29) is 135 Å². The summed E-state index contributed by atoms with van der Waals surface area (Å²) in [5.41, 5.74) is 0. The van der Waals surface area contributed by atoms with Gasteiger partial charge in [-0.2, -0.15) is 0 Å². The molecule has 0 N–H and O–H groups in total. The molecule has 0 bridgehead atoms. The molecule has 0 aromatic heterocycles. The molecule has 6 unspecified atom stereocenters. The zero-order chi connectivity index (χ0) is 93.8. The van der Waals surface area contributed by atoms with Crippen molar-refractivity contribution >= 4 is 71.5 Å². The molecule has 0 heterocycles. The predicted molar refractivity (Wildman–Crippen MR) is 514 cm³/mol. The van der Waals surface area contributed by atoms with Crippen molar-refractivity contribution in [2.45, 2.75) is 559 Å². The molecular formula is C106H196O18. The Morgan fingerprint density at radius 2 is 0.444 bits per heavy atom. The van der Waals surface area contributed by atoms with Crippen molar-refractivity contribution in [2.24, 2.45) is 11.8 Å². The largest absolute Gasteiger partial charge is 0.465 e.